The molecule has 0 aliphatic carbocycles. The van der Waals surface area contributed by atoms with Crippen molar-refractivity contribution in [2.45, 2.75) is 0 Å². The molecule has 0 radical (unpaired) electrons. The van der Waals surface area contributed by atoms with Gasteiger partial charge in [-0.15, -0.1) is 0 Å². The number of amides is 1. The number of nitrogens with one attached hydrogen (secondary N) is 1. The fourth-order valence-electron chi connectivity index (χ4n) is 2.21. The minimum absolute atomic E-state index is 0.133. The van der Waals surface area contributed by atoms with Crippen LogP contribution >= 0.6 is 23.2 Å². The molecule has 1 heterocycles. The molecule has 2 aromatic carbocycles. The second-order valence-electron chi connectivity index (χ2n) is 4.96. The SMILES string of the molecule is COc1ccc2oc(=O)c(C(=O)Nc3cc(Cl)cc(Cl)c3)cc2c1. The molecule has 0 saturated carbocycles. The van der Waals surface area contributed by atoms with Crippen molar-refractivity contribution >= 4 is 45.8 Å². The highest BCUT2D eigenvalue weighted by Crippen LogP contribution is 2.24. The van der Waals surface area contributed by atoms with Gasteiger partial charge >= 0.3 is 5.63 Å². The Balaban J connectivity index is 1.99. The van der Waals surface area contributed by atoms with Crippen LogP contribution in [0.3, 0.4) is 0 Å². The molecule has 5 nitrogen and oxygen atoms in total. The molecular weight excluding hydrogens is 353 g/mol. The van der Waals surface area contributed by atoms with Crippen molar-refractivity contribution in [1.82, 2.24) is 0 Å². The third-order valence-corrected chi connectivity index (χ3v) is 3.74. The summed E-state index contributed by atoms with van der Waals surface area (Å²) >= 11 is 11.8. The van der Waals surface area contributed by atoms with Crippen LogP contribution in [0, 0.1) is 0 Å². The molecule has 3 rings (SSSR count). The Labute approximate surface area is 146 Å². The number of ether oxygens (including phenoxy) is 1. The lowest BCUT2D eigenvalue weighted by atomic mass is 10.1. The van der Waals surface area contributed by atoms with Crippen LogP contribution in [0.4, 0.5) is 5.69 Å². The van der Waals surface area contributed by atoms with E-state index in [-0.39, 0.29) is 5.56 Å². The molecule has 1 amide bonds. The lowest BCUT2D eigenvalue weighted by Crippen LogP contribution is -2.20. The minimum atomic E-state index is -0.738. The van der Waals surface area contributed by atoms with Crippen LogP contribution in [0.15, 0.2) is 51.7 Å². The zero-order valence-corrected chi connectivity index (χ0v) is 13.9. The van der Waals surface area contributed by atoms with Gasteiger partial charge in [-0.25, -0.2) is 4.79 Å². The largest absolute Gasteiger partial charge is 0.497 e. The lowest BCUT2D eigenvalue weighted by Gasteiger charge is -2.07. The van der Waals surface area contributed by atoms with Crippen molar-refractivity contribution in [3.8, 4) is 5.75 Å². The molecule has 0 spiro atoms. The quantitative estimate of drug-likeness (QED) is 0.701. The number of carbonyl (C=O) groups is 1. The molecule has 0 unspecified atom stereocenters. The Kier molecular flexibility index (Phi) is 4.46. The number of methoxy groups -OCH3 is 1. The molecule has 7 heteroatoms. The van der Waals surface area contributed by atoms with Gasteiger partial charge in [0.05, 0.1) is 7.11 Å². The van der Waals surface area contributed by atoms with Crippen LogP contribution in [0.2, 0.25) is 10.0 Å². The van der Waals surface area contributed by atoms with E-state index in [9.17, 15) is 9.59 Å². The summed E-state index contributed by atoms with van der Waals surface area (Å²) in [6, 6.07) is 11.0. The summed E-state index contributed by atoms with van der Waals surface area (Å²) in [5.41, 5.74) is -0.129. The Morgan fingerprint density at radius 1 is 1.08 bits per heavy atom. The number of hydrogen-bond acceptors (Lipinski definition) is 4. The summed E-state index contributed by atoms with van der Waals surface area (Å²) in [6.07, 6.45) is 0. The molecule has 0 bridgehead atoms. The van der Waals surface area contributed by atoms with Crippen LogP contribution in [0.5, 0.6) is 5.75 Å². The molecule has 0 aliphatic heterocycles. The Bertz CT molecular complexity index is 977. The minimum Gasteiger partial charge on any atom is -0.497 e. The van der Waals surface area contributed by atoms with E-state index in [1.54, 1.807) is 18.2 Å². The first-order valence-corrected chi connectivity index (χ1v) is 7.61. The first-order chi connectivity index (χ1) is 11.5. The van der Waals surface area contributed by atoms with E-state index in [1.807, 2.05) is 0 Å². The summed E-state index contributed by atoms with van der Waals surface area (Å²) < 4.78 is 10.3. The summed E-state index contributed by atoms with van der Waals surface area (Å²) in [4.78, 5) is 24.4. The molecular formula is C17H11Cl2NO4. The highest BCUT2D eigenvalue weighted by Gasteiger charge is 2.15. The summed E-state index contributed by atoms with van der Waals surface area (Å²) in [5, 5.41) is 3.88. The van der Waals surface area contributed by atoms with E-state index >= 15 is 0 Å². The molecule has 3 aromatic rings. The van der Waals surface area contributed by atoms with Gasteiger partial charge in [0.1, 0.15) is 16.9 Å². The number of anilines is 1. The average Bonchev–Trinajstić information content (AvgIpc) is 2.52. The highest BCUT2D eigenvalue weighted by molar-refractivity contribution is 6.35. The number of carbonyl (C=O) groups excluding carboxylic acids is 1. The molecule has 0 fully saturated rings. The number of rotatable bonds is 3. The summed E-state index contributed by atoms with van der Waals surface area (Å²) in [7, 11) is 1.52. The molecule has 24 heavy (non-hydrogen) atoms. The smallest absolute Gasteiger partial charge is 0.349 e. The topological polar surface area (TPSA) is 68.5 Å². The van der Waals surface area contributed by atoms with Crippen molar-refractivity contribution in [3.63, 3.8) is 0 Å². The number of fused-ring (bicyclic) bond motifs is 1. The van der Waals surface area contributed by atoms with Crippen LogP contribution in [0.1, 0.15) is 10.4 Å². The molecule has 1 aromatic heterocycles. The van der Waals surface area contributed by atoms with Crippen LogP contribution in [0.25, 0.3) is 11.0 Å². The normalized spacial score (nSPS) is 10.6. The zero-order chi connectivity index (χ0) is 17.3. The average molecular weight is 364 g/mol. The predicted octanol–water partition coefficient (Wildman–Crippen LogP) is 4.36. The lowest BCUT2D eigenvalue weighted by molar-refractivity contribution is 0.102. The van der Waals surface area contributed by atoms with E-state index in [0.29, 0.717) is 32.5 Å². The van der Waals surface area contributed by atoms with Crippen molar-refractivity contribution in [1.29, 1.82) is 0 Å². The van der Waals surface area contributed by atoms with Crippen molar-refractivity contribution < 1.29 is 13.9 Å². The number of benzene rings is 2. The Morgan fingerprint density at radius 3 is 2.46 bits per heavy atom. The highest BCUT2D eigenvalue weighted by atomic mass is 35.5. The maximum Gasteiger partial charge on any atom is 0.349 e. The van der Waals surface area contributed by atoms with Gasteiger partial charge in [0.25, 0.3) is 5.91 Å². The fraction of sp³-hybridized carbons (Fsp3) is 0.0588. The maximum absolute atomic E-state index is 12.4. The van der Waals surface area contributed by atoms with Crippen molar-refractivity contribution in [3.05, 3.63) is 68.5 Å². The van der Waals surface area contributed by atoms with E-state index in [0.717, 1.165) is 0 Å². The van der Waals surface area contributed by atoms with Gasteiger partial charge in [0.15, 0.2) is 0 Å². The van der Waals surface area contributed by atoms with Gasteiger partial charge in [-0.1, -0.05) is 23.2 Å². The molecule has 1 N–H and O–H groups in total. The first kappa shape index (κ1) is 16.4. The summed E-state index contributed by atoms with van der Waals surface area (Å²) in [6.45, 7) is 0. The van der Waals surface area contributed by atoms with E-state index in [1.165, 1.54) is 31.4 Å². The zero-order valence-electron chi connectivity index (χ0n) is 12.4. The van der Waals surface area contributed by atoms with Crippen LogP contribution in [-0.4, -0.2) is 13.0 Å². The van der Waals surface area contributed by atoms with Crippen LogP contribution in [-0.2, 0) is 0 Å². The van der Waals surface area contributed by atoms with E-state index in [2.05, 4.69) is 5.32 Å². The van der Waals surface area contributed by atoms with Gasteiger partial charge in [-0.3, -0.25) is 4.79 Å². The van der Waals surface area contributed by atoms with Crippen molar-refractivity contribution in [2.24, 2.45) is 0 Å². The summed E-state index contributed by atoms with van der Waals surface area (Å²) in [5.74, 6) is -0.0314. The van der Waals surface area contributed by atoms with Gasteiger partial charge in [0.2, 0.25) is 0 Å². The monoisotopic (exact) mass is 363 g/mol. The fourth-order valence-corrected chi connectivity index (χ4v) is 2.74. The molecule has 0 saturated heterocycles. The Hall–Kier alpha value is -2.50. The van der Waals surface area contributed by atoms with Gasteiger partial charge < -0.3 is 14.5 Å². The number of hydrogen-bond donors (Lipinski definition) is 1. The maximum atomic E-state index is 12.4. The molecule has 122 valence electrons. The van der Waals surface area contributed by atoms with Crippen LogP contribution < -0.4 is 15.7 Å². The van der Waals surface area contributed by atoms with E-state index in [4.69, 9.17) is 32.4 Å². The number of halogens is 2. The standard InChI is InChI=1S/C17H11Cl2NO4/c1-23-13-2-3-15-9(4-13)5-14(17(22)24-15)16(21)20-12-7-10(18)6-11(19)8-12/h2-8H,1H3,(H,20,21). The van der Waals surface area contributed by atoms with Crippen molar-refractivity contribution in [2.75, 3.05) is 12.4 Å². The third kappa shape index (κ3) is 3.37. The second kappa shape index (κ2) is 6.55. The molecule has 0 atom stereocenters. The molecule has 0 aliphatic rings. The third-order valence-electron chi connectivity index (χ3n) is 3.30. The van der Waals surface area contributed by atoms with Gasteiger partial charge in [-0.05, 0) is 42.5 Å². The first-order valence-electron chi connectivity index (χ1n) is 6.85. The predicted molar refractivity (Wildman–Crippen MR) is 93.5 cm³/mol. The van der Waals surface area contributed by atoms with Gasteiger partial charge in [0, 0.05) is 21.1 Å². The second-order valence-corrected chi connectivity index (χ2v) is 5.84. The Morgan fingerprint density at radius 2 is 1.79 bits per heavy atom. The van der Waals surface area contributed by atoms with Gasteiger partial charge in [-0.2, -0.15) is 0 Å². The van der Waals surface area contributed by atoms with E-state index < -0.39 is 11.5 Å².